The average molecular weight is 526 g/mol. The second-order valence-electron chi connectivity index (χ2n) is 9.89. The van der Waals surface area contributed by atoms with E-state index >= 15 is 0 Å². The molecule has 202 valence electrons. The highest BCUT2D eigenvalue weighted by molar-refractivity contribution is 8.00. The van der Waals surface area contributed by atoms with Gasteiger partial charge in [0.05, 0.1) is 25.1 Å². The molecular formula is C31H44FN3OS. The molecule has 1 atom stereocenters. The van der Waals surface area contributed by atoms with Crippen LogP contribution in [0.15, 0.2) is 74.9 Å². The molecule has 0 aromatic carbocycles. The zero-order valence-corrected chi connectivity index (χ0v) is 24.1. The SMILES string of the molecule is CC(C)=CCCC(C)=CCCC(C)=CCCC(C)=CCSCC(=Nc1ccc(F)cn1)C1COCC=N1. The van der Waals surface area contributed by atoms with Gasteiger partial charge in [-0.05, 0) is 85.3 Å². The molecule has 1 aromatic heterocycles. The quantitative estimate of drug-likeness (QED) is 0.131. The Morgan fingerprint density at radius 3 is 2.19 bits per heavy atom. The third kappa shape index (κ3) is 14.3. The van der Waals surface area contributed by atoms with Crippen LogP contribution in [0.5, 0.6) is 0 Å². The standard InChI is InChI=1S/C31H44FN3OS/c1-24(2)9-6-10-25(3)11-7-12-26(4)13-8-14-27(5)17-20-37-23-30(29-22-36-19-18-33-29)35-31-16-15-28(32)21-34-31/h9,11,13,15-18,21,29H,6-8,10,12,14,19-20,22-23H2,1-5H3. The van der Waals surface area contributed by atoms with Crippen LogP contribution in [0.2, 0.25) is 0 Å². The average Bonchev–Trinajstić information content (AvgIpc) is 2.87. The molecule has 2 rings (SSSR count). The van der Waals surface area contributed by atoms with E-state index in [9.17, 15) is 4.39 Å². The van der Waals surface area contributed by atoms with Crippen LogP contribution in [-0.2, 0) is 4.74 Å². The molecule has 0 radical (unpaired) electrons. The second kappa shape index (κ2) is 18.0. The summed E-state index contributed by atoms with van der Waals surface area (Å²) in [6, 6.07) is 2.86. The van der Waals surface area contributed by atoms with Gasteiger partial charge in [-0.1, -0.05) is 46.6 Å². The Kier molecular flexibility index (Phi) is 15.1. The number of hydrogen-bond donors (Lipinski definition) is 0. The first-order chi connectivity index (χ1) is 17.8. The van der Waals surface area contributed by atoms with Crippen LogP contribution < -0.4 is 0 Å². The van der Waals surface area contributed by atoms with Crippen LogP contribution in [0.25, 0.3) is 0 Å². The normalized spacial score (nSPS) is 17.3. The molecule has 0 saturated carbocycles. The molecule has 1 aliphatic rings. The molecule has 0 spiro atoms. The van der Waals surface area contributed by atoms with Crippen molar-refractivity contribution < 1.29 is 9.13 Å². The first-order valence-electron chi connectivity index (χ1n) is 13.3. The minimum atomic E-state index is -0.364. The highest BCUT2D eigenvalue weighted by Gasteiger charge is 2.17. The Hall–Kier alpha value is -2.31. The maximum atomic E-state index is 13.2. The molecule has 0 fully saturated rings. The highest BCUT2D eigenvalue weighted by atomic mass is 32.2. The van der Waals surface area contributed by atoms with Gasteiger partial charge in [-0.15, -0.1) is 0 Å². The summed E-state index contributed by atoms with van der Waals surface area (Å²) in [5, 5.41) is 0. The Morgan fingerprint density at radius 1 is 0.973 bits per heavy atom. The highest BCUT2D eigenvalue weighted by Crippen LogP contribution is 2.17. The first-order valence-corrected chi connectivity index (χ1v) is 14.5. The smallest absolute Gasteiger partial charge is 0.152 e. The maximum Gasteiger partial charge on any atom is 0.152 e. The Morgan fingerprint density at radius 2 is 1.62 bits per heavy atom. The van der Waals surface area contributed by atoms with Gasteiger partial charge < -0.3 is 4.74 Å². The minimum Gasteiger partial charge on any atom is -0.373 e. The van der Waals surface area contributed by atoms with E-state index in [1.54, 1.807) is 24.0 Å². The van der Waals surface area contributed by atoms with Crippen molar-refractivity contribution in [3.63, 3.8) is 0 Å². The van der Waals surface area contributed by atoms with Crippen LogP contribution in [0.4, 0.5) is 10.2 Å². The molecule has 1 unspecified atom stereocenters. The fourth-order valence-electron chi connectivity index (χ4n) is 3.76. The van der Waals surface area contributed by atoms with E-state index in [1.165, 1.54) is 34.6 Å². The third-order valence-corrected chi connectivity index (χ3v) is 6.96. The molecular weight excluding hydrogens is 481 g/mol. The second-order valence-corrected chi connectivity index (χ2v) is 10.9. The van der Waals surface area contributed by atoms with Crippen molar-refractivity contribution in [3.8, 4) is 0 Å². The molecule has 0 amide bonds. The largest absolute Gasteiger partial charge is 0.373 e. The topological polar surface area (TPSA) is 46.8 Å². The molecule has 0 aliphatic carbocycles. The van der Waals surface area contributed by atoms with Crippen molar-refractivity contribution in [1.82, 2.24) is 4.98 Å². The third-order valence-electron chi connectivity index (χ3n) is 6.06. The summed E-state index contributed by atoms with van der Waals surface area (Å²) in [6.07, 6.45) is 19.1. The molecule has 2 heterocycles. The number of rotatable bonds is 15. The lowest BCUT2D eigenvalue weighted by molar-refractivity contribution is 0.163. The summed E-state index contributed by atoms with van der Waals surface area (Å²) in [6.45, 7) is 12.1. The van der Waals surface area contributed by atoms with Crippen molar-refractivity contribution in [3.05, 3.63) is 70.7 Å². The zero-order valence-electron chi connectivity index (χ0n) is 23.3. The fraction of sp³-hybridized carbons (Fsp3) is 0.516. The van der Waals surface area contributed by atoms with E-state index in [0.29, 0.717) is 19.0 Å². The number of ether oxygens (including phenoxy) is 1. The lowest BCUT2D eigenvalue weighted by Crippen LogP contribution is -2.30. The van der Waals surface area contributed by atoms with Crippen molar-refractivity contribution in [1.29, 1.82) is 0 Å². The van der Waals surface area contributed by atoms with Gasteiger partial charge in [-0.25, -0.2) is 14.4 Å². The van der Waals surface area contributed by atoms with Crippen molar-refractivity contribution in [2.75, 3.05) is 24.7 Å². The summed E-state index contributed by atoms with van der Waals surface area (Å²) in [5.41, 5.74) is 6.68. The summed E-state index contributed by atoms with van der Waals surface area (Å²) in [7, 11) is 0. The molecule has 6 heteroatoms. The Balaban J connectivity index is 1.75. The first kappa shape index (κ1) is 30.9. The van der Waals surface area contributed by atoms with E-state index in [4.69, 9.17) is 4.74 Å². The van der Waals surface area contributed by atoms with Crippen LogP contribution >= 0.6 is 11.8 Å². The summed E-state index contributed by atoms with van der Waals surface area (Å²) in [5.74, 6) is 1.78. The van der Waals surface area contributed by atoms with Gasteiger partial charge in [-0.2, -0.15) is 11.8 Å². The fourth-order valence-corrected chi connectivity index (χ4v) is 4.75. The monoisotopic (exact) mass is 525 g/mol. The van der Waals surface area contributed by atoms with Gasteiger partial charge >= 0.3 is 0 Å². The molecule has 37 heavy (non-hydrogen) atoms. The number of aromatic nitrogens is 1. The van der Waals surface area contributed by atoms with Gasteiger partial charge in [0, 0.05) is 17.7 Å². The Labute approximate surface area is 228 Å². The predicted molar refractivity (Wildman–Crippen MR) is 160 cm³/mol. The molecule has 4 nitrogen and oxygen atoms in total. The van der Waals surface area contributed by atoms with Crippen LogP contribution in [-0.4, -0.2) is 47.7 Å². The predicted octanol–water partition coefficient (Wildman–Crippen LogP) is 8.64. The molecule has 0 saturated heterocycles. The number of thioether (sulfide) groups is 1. The molecule has 0 N–H and O–H groups in total. The number of pyridine rings is 1. The number of allylic oxidation sites excluding steroid dienone is 7. The zero-order chi connectivity index (χ0) is 26.9. The van der Waals surface area contributed by atoms with Gasteiger partial charge in [0.25, 0.3) is 0 Å². The van der Waals surface area contributed by atoms with Crippen LogP contribution in [0, 0.1) is 5.82 Å². The number of halogens is 1. The van der Waals surface area contributed by atoms with Crippen LogP contribution in [0.1, 0.15) is 73.1 Å². The van der Waals surface area contributed by atoms with E-state index in [2.05, 4.69) is 73.9 Å². The lowest BCUT2D eigenvalue weighted by atomic mass is 10.0. The number of hydrogen-bond acceptors (Lipinski definition) is 5. The van der Waals surface area contributed by atoms with E-state index in [-0.39, 0.29) is 11.9 Å². The van der Waals surface area contributed by atoms with Gasteiger partial charge in [-0.3, -0.25) is 4.99 Å². The minimum absolute atomic E-state index is 0.109. The maximum absolute atomic E-state index is 13.2. The van der Waals surface area contributed by atoms with E-state index in [1.807, 2.05) is 0 Å². The Bertz CT molecular complexity index is 1000. The molecule has 1 aromatic rings. The van der Waals surface area contributed by atoms with Crippen LogP contribution in [0.3, 0.4) is 0 Å². The molecule has 0 bridgehead atoms. The summed E-state index contributed by atoms with van der Waals surface area (Å²) < 4.78 is 18.7. The van der Waals surface area contributed by atoms with E-state index < -0.39 is 0 Å². The lowest BCUT2D eigenvalue weighted by Gasteiger charge is -2.18. The van der Waals surface area contributed by atoms with Crippen molar-refractivity contribution >= 4 is 29.5 Å². The van der Waals surface area contributed by atoms with Gasteiger partial charge in [0.15, 0.2) is 5.82 Å². The van der Waals surface area contributed by atoms with Crippen molar-refractivity contribution in [2.24, 2.45) is 9.98 Å². The van der Waals surface area contributed by atoms with Gasteiger partial charge in [0.1, 0.15) is 11.9 Å². The molecule has 1 aliphatic heterocycles. The van der Waals surface area contributed by atoms with Gasteiger partial charge in [0.2, 0.25) is 0 Å². The summed E-state index contributed by atoms with van der Waals surface area (Å²) >= 11 is 1.80. The van der Waals surface area contributed by atoms with Crippen molar-refractivity contribution in [2.45, 2.75) is 79.2 Å². The number of nitrogens with zero attached hydrogens (tertiary/aromatic N) is 3. The van der Waals surface area contributed by atoms with E-state index in [0.717, 1.165) is 55.7 Å². The number of aliphatic imine (C=N–C) groups is 2. The summed E-state index contributed by atoms with van der Waals surface area (Å²) in [4.78, 5) is 13.3.